The highest BCUT2D eigenvalue weighted by atomic mass is 15.2. The highest BCUT2D eigenvalue weighted by Crippen LogP contribution is 2.41. The Labute approximate surface area is 120 Å². The zero-order valence-corrected chi connectivity index (χ0v) is 13.4. The SMILES string of the molecule is CCNC(C1CCCC1)C1(N(C)C)CCCCCC1. The molecule has 0 spiro atoms. The second-order valence-electron chi connectivity index (χ2n) is 6.99. The Kier molecular flexibility index (Phi) is 5.70. The molecule has 112 valence electrons. The van der Waals surface area contributed by atoms with Gasteiger partial charge in [0.05, 0.1) is 0 Å². The molecule has 0 saturated heterocycles. The Morgan fingerprint density at radius 2 is 1.58 bits per heavy atom. The minimum Gasteiger partial charge on any atom is -0.312 e. The van der Waals surface area contributed by atoms with Crippen LogP contribution in [-0.4, -0.2) is 37.1 Å². The van der Waals surface area contributed by atoms with Gasteiger partial charge in [-0.1, -0.05) is 45.4 Å². The molecule has 1 atom stereocenters. The van der Waals surface area contributed by atoms with Gasteiger partial charge in [-0.15, -0.1) is 0 Å². The van der Waals surface area contributed by atoms with E-state index < -0.39 is 0 Å². The zero-order valence-electron chi connectivity index (χ0n) is 13.4. The van der Waals surface area contributed by atoms with E-state index in [1.165, 1.54) is 64.2 Å². The summed E-state index contributed by atoms with van der Waals surface area (Å²) in [6.45, 7) is 3.40. The molecular weight excluding hydrogens is 232 g/mol. The fourth-order valence-electron chi connectivity index (χ4n) is 4.68. The lowest BCUT2D eigenvalue weighted by molar-refractivity contribution is 0.0540. The van der Waals surface area contributed by atoms with Gasteiger partial charge in [-0.25, -0.2) is 0 Å². The van der Waals surface area contributed by atoms with Gasteiger partial charge in [0.1, 0.15) is 0 Å². The Morgan fingerprint density at radius 3 is 2.05 bits per heavy atom. The largest absolute Gasteiger partial charge is 0.312 e. The topological polar surface area (TPSA) is 15.3 Å². The fraction of sp³-hybridized carbons (Fsp3) is 1.00. The molecule has 0 aromatic carbocycles. The summed E-state index contributed by atoms with van der Waals surface area (Å²) in [7, 11) is 4.65. The Bertz CT molecular complexity index is 248. The number of nitrogens with zero attached hydrogens (tertiary/aromatic N) is 1. The molecule has 1 unspecified atom stereocenters. The third kappa shape index (κ3) is 3.33. The van der Waals surface area contributed by atoms with Crippen LogP contribution in [0.15, 0.2) is 0 Å². The van der Waals surface area contributed by atoms with Crippen molar-refractivity contribution in [2.24, 2.45) is 5.92 Å². The molecule has 2 rings (SSSR count). The van der Waals surface area contributed by atoms with Crippen LogP contribution in [0.2, 0.25) is 0 Å². The first kappa shape index (κ1) is 15.3. The van der Waals surface area contributed by atoms with Crippen LogP contribution in [0.3, 0.4) is 0 Å². The molecule has 0 radical (unpaired) electrons. The molecule has 0 heterocycles. The van der Waals surface area contributed by atoms with Crippen molar-refractivity contribution in [3.05, 3.63) is 0 Å². The molecule has 2 nitrogen and oxygen atoms in total. The highest BCUT2D eigenvalue weighted by Gasteiger charge is 2.44. The van der Waals surface area contributed by atoms with Crippen molar-refractivity contribution in [2.45, 2.75) is 82.7 Å². The van der Waals surface area contributed by atoms with E-state index in [-0.39, 0.29) is 0 Å². The molecular formula is C17H34N2. The number of hydrogen-bond acceptors (Lipinski definition) is 2. The molecule has 0 aromatic rings. The van der Waals surface area contributed by atoms with Crippen molar-refractivity contribution in [3.63, 3.8) is 0 Å². The maximum absolute atomic E-state index is 3.90. The molecule has 1 N–H and O–H groups in total. The second kappa shape index (κ2) is 7.08. The molecule has 2 aliphatic rings. The lowest BCUT2D eigenvalue weighted by Crippen LogP contribution is -2.61. The molecule has 2 saturated carbocycles. The van der Waals surface area contributed by atoms with Gasteiger partial charge in [0.2, 0.25) is 0 Å². The standard InChI is InChI=1S/C17H34N2/c1-4-18-16(15-11-7-8-12-15)17(19(2)3)13-9-5-6-10-14-17/h15-16,18H,4-14H2,1-3H3. The van der Waals surface area contributed by atoms with Crippen molar-refractivity contribution in [1.29, 1.82) is 0 Å². The Morgan fingerprint density at radius 1 is 1.00 bits per heavy atom. The molecule has 0 aromatic heterocycles. The van der Waals surface area contributed by atoms with Crippen LogP contribution in [0.1, 0.15) is 71.1 Å². The molecule has 0 aliphatic heterocycles. The normalized spacial score (nSPS) is 26.5. The van der Waals surface area contributed by atoms with E-state index in [1.807, 2.05) is 0 Å². The van der Waals surface area contributed by atoms with Crippen molar-refractivity contribution >= 4 is 0 Å². The van der Waals surface area contributed by atoms with Crippen molar-refractivity contribution in [1.82, 2.24) is 10.2 Å². The van der Waals surface area contributed by atoms with Gasteiger partial charge in [-0.05, 0) is 52.2 Å². The molecule has 2 aliphatic carbocycles. The van der Waals surface area contributed by atoms with E-state index in [0.29, 0.717) is 11.6 Å². The van der Waals surface area contributed by atoms with Crippen LogP contribution < -0.4 is 5.32 Å². The van der Waals surface area contributed by atoms with Crippen LogP contribution in [0.5, 0.6) is 0 Å². The Hall–Kier alpha value is -0.0800. The van der Waals surface area contributed by atoms with Crippen LogP contribution in [0.4, 0.5) is 0 Å². The molecule has 0 amide bonds. The summed E-state index contributed by atoms with van der Waals surface area (Å²) in [5, 5.41) is 3.90. The second-order valence-corrected chi connectivity index (χ2v) is 6.99. The average Bonchev–Trinajstić information content (AvgIpc) is 2.80. The summed E-state index contributed by atoms with van der Waals surface area (Å²) in [6.07, 6.45) is 14.3. The van der Waals surface area contributed by atoms with Crippen molar-refractivity contribution in [3.8, 4) is 0 Å². The van der Waals surface area contributed by atoms with Gasteiger partial charge in [0.15, 0.2) is 0 Å². The predicted octanol–water partition coefficient (Wildman–Crippen LogP) is 3.81. The molecule has 2 fully saturated rings. The summed E-state index contributed by atoms with van der Waals surface area (Å²) in [5.74, 6) is 0.917. The van der Waals surface area contributed by atoms with E-state index in [4.69, 9.17) is 0 Å². The van der Waals surface area contributed by atoms with Crippen molar-refractivity contribution in [2.75, 3.05) is 20.6 Å². The van der Waals surface area contributed by atoms with Crippen molar-refractivity contribution < 1.29 is 0 Å². The highest BCUT2D eigenvalue weighted by molar-refractivity contribution is 5.03. The number of likely N-dealkylation sites (N-methyl/N-ethyl adjacent to an activating group) is 2. The first-order valence-corrected chi connectivity index (χ1v) is 8.61. The fourth-order valence-corrected chi connectivity index (χ4v) is 4.68. The minimum atomic E-state index is 0.418. The summed E-state index contributed by atoms with van der Waals surface area (Å²) in [4.78, 5) is 2.57. The maximum atomic E-state index is 3.90. The summed E-state index contributed by atoms with van der Waals surface area (Å²) in [6, 6.07) is 0.716. The first-order valence-electron chi connectivity index (χ1n) is 8.61. The minimum absolute atomic E-state index is 0.418. The molecule has 2 heteroatoms. The summed E-state index contributed by atoms with van der Waals surface area (Å²) >= 11 is 0. The number of rotatable bonds is 5. The first-order chi connectivity index (χ1) is 9.20. The summed E-state index contributed by atoms with van der Waals surface area (Å²) < 4.78 is 0. The van der Waals surface area contributed by atoms with Crippen LogP contribution >= 0.6 is 0 Å². The Balaban J connectivity index is 2.20. The third-order valence-corrected chi connectivity index (χ3v) is 5.73. The van der Waals surface area contributed by atoms with Gasteiger partial charge in [-0.3, -0.25) is 0 Å². The smallest absolute Gasteiger partial charge is 0.0359 e. The monoisotopic (exact) mass is 266 g/mol. The van der Waals surface area contributed by atoms with Gasteiger partial charge >= 0.3 is 0 Å². The van der Waals surface area contributed by atoms with Gasteiger partial charge in [0.25, 0.3) is 0 Å². The van der Waals surface area contributed by atoms with E-state index in [1.54, 1.807) is 0 Å². The molecule has 19 heavy (non-hydrogen) atoms. The number of nitrogens with one attached hydrogen (secondary N) is 1. The van der Waals surface area contributed by atoms with E-state index in [2.05, 4.69) is 31.2 Å². The van der Waals surface area contributed by atoms with E-state index >= 15 is 0 Å². The van der Waals surface area contributed by atoms with Gasteiger partial charge in [-0.2, -0.15) is 0 Å². The van der Waals surface area contributed by atoms with Crippen LogP contribution in [0, 0.1) is 5.92 Å². The summed E-state index contributed by atoms with van der Waals surface area (Å²) in [5.41, 5.74) is 0.418. The lowest BCUT2D eigenvalue weighted by atomic mass is 9.74. The van der Waals surface area contributed by atoms with Gasteiger partial charge < -0.3 is 10.2 Å². The van der Waals surface area contributed by atoms with E-state index in [0.717, 1.165) is 12.5 Å². The molecule has 0 bridgehead atoms. The van der Waals surface area contributed by atoms with Crippen LogP contribution in [0.25, 0.3) is 0 Å². The number of hydrogen-bond donors (Lipinski definition) is 1. The lowest BCUT2D eigenvalue weighted by Gasteiger charge is -2.48. The average molecular weight is 266 g/mol. The van der Waals surface area contributed by atoms with E-state index in [9.17, 15) is 0 Å². The maximum Gasteiger partial charge on any atom is 0.0359 e. The quantitative estimate of drug-likeness (QED) is 0.761. The van der Waals surface area contributed by atoms with Gasteiger partial charge in [0, 0.05) is 11.6 Å². The third-order valence-electron chi connectivity index (χ3n) is 5.73. The zero-order chi connectivity index (χ0) is 13.7. The van der Waals surface area contributed by atoms with Crippen LogP contribution in [-0.2, 0) is 0 Å². The predicted molar refractivity (Wildman–Crippen MR) is 83.5 cm³/mol.